The predicted molar refractivity (Wildman–Crippen MR) is 334 cm³/mol. The number of fused-ring (bicyclic) bond motifs is 8. The zero-order valence-corrected chi connectivity index (χ0v) is 52.0. The minimum atomic E-state index is -1.29. The van der Waals surface area contributed by atoms with Crippen molar-refractivity contribution in [2.24, 2.45) is 45.2 Å². The van der Waals surface area contributed by atoms with Crippen molar-refractivity contribution in [1.82, 2.24) is 16.0 Å². The maximum absolute atomic E-state index is 13.5. The Labute approximate surface area is 514 Å². The summed E-state index contributed by atoms with van der Waals surface area (Å²) in [7, 11) is 5.13. The van der Waals surface area contributed by atoms with Crippen LogP contribution in [-0.4, -0.2) is 130 Å². The lowest BCUT2D eigenvalue weighted by Crippen LogP contribution is -2.58. The van der Waals surface area contributed by atoms with Crippen LogP contribution in [0.5, 0.6) is 28.7 Å². The molecule has 0 radical (unpaired) electrons. The van der Waals surface area contributed by atoms with Gasteiger partial charge >= 0.3 is 0 Å². The number of nitrogens with one attached hydrogen (secondary N) is 3. The fourth-order valence-electron chi connectivity index (χ4n) is 15.4. The molecule has 86 heavy (non-hydrogen) atoms. The molecular weight excluding hydrogens is 1130 g/mol. The zero-order chi connectivity index (χ0) is 60.8. The Bertz CT molecular complexity index is 3100. The van der Waals surface area contributed by atoms with Crippen molar-refractivity contribution in [3.8, 4) is 52.4 Å². The fourth-order valence-corrected chi connectivity index (χ4v) is 18.3. The van der Waals surface area contributed by atoms with Crippen LogP contribution in [0.3, 0.4) is 0 Å². The zero-order valence-electron chi connectivity index (χ0n) is 50.4. The summed E-state index contributed by atoms with van der Waals surface area (Å²) in [6.45, 7) is 5.37. The molecule has 4 heterocycles. The first-order valence-corrected chi connectivity index (χ1v) is 33.6. The van der Waals surface area contributed by atoms with Crippen molar-refractivity contribution in [3.05, 3.63) is 75.3 Å². The summed E-state index contributed by atoms with van der Waals surface area (Å²) in [5, 5.41) is 77.5. The largest absolute Gasteiger partial charge is 0.508 e. The third-order valence-corrected chi connectivity index (χ3v) is 22.5. The second-order valence-corrected chi connectivity index (χ2v) is 28.6. The summed E-state index contributed by atoms with van der Waals surface area (Å²) in [6.07, 6.45) is 9.19. The van der Waals surface area contributed by atoms with E-state index in [1.807, 2.05) is 6.07 Å². The standard InChI is InChI=1S/C67H89N5O12S2/c1-40(2)58-35-86-85-34-55-54-30-53-43-11-16-48(77)28-47(76)15-10-42-13-19-59(79)61(83-39-74)51(42)8-5-7-44(27-43)60(62(53)84-63(54)80)82-38-70-67(22-6-9-57(55)71-64(68)72-58)37-66(23-20-46(67)14-18-50(33-73)81-4)26-25-65(36-66)24-21-56(69-32-41(3)75)52-29-49(78)17-12-45(52)31-65/h12-13,17,19,27,29,40,46,48,50,54-58,63,69-70,73-74,77-80H,7,10-11,14-16,18,20-26,28,30-39H2,1-4H3,(H3,68,71,72)/t46-,48-,50+,54+,55-,56-,57-,58+,63-,65-,66+,67+/m1/s1. The molecule has 0 amide bonds. The van der Waals surface area contributed by atoms with E-state index in [2.05, 4.69) is 65.6 Å². The van der Waals surface area contributed by atoms with E-state index in [0.717, 1.165) is 86.7 Å². The van der Waals surface area contributed by atoms with Crippen molar-refractivity contribution in [1.29, 1.82) is 0 Å². The number of nitrogens with zero attached hydrogens (tertiary/aromatic N) is 1. The third-order valence-electron chi connectivity index (χ3n) is 20.0. The van der Waals surface area contributed by atoms with Gasteiger partial charge in [-0.2, -0.15) is 0 Å². The molecule has 6 bridgehead atoms. The molecular formula is C67H89N5O12S2. The molecule has 12 atom stereocenters. The summed E-state index contributed by atoms with van der Waals surface area (Å²) < 4.78 is 25.4. The highest BCUT2D eigenvalue weighted by atomic mass is 33.1. The maximum Gasteiger partial charge on any atom is 0.201 e. The van der Waals surface area contributed by atoms with E-state index in [-0.39, 0.29) is 128 Å². The van der Waals surface area contributed by atoms with E-state index in [4.69, 9.17) is 29.7 Å². The van der Waals surface area contributed by atoms with Crippen molar-refractivity contribution < 1.29 is 59.2 Å². The van der Waals surface area contributed by atoms with Gasteiger partial charge in [-0.15, -0.1) is 0 Å². The van der Waals surface area contributed by atoms with Crippen molar-refractivity contribution in [2.45, 2.75) is 185 Å². The molecule has 3 aromatic carbocycles. The Morgan fingerprint density at radius 1 is 0.919 bits per heavy atom. The Morgan fingerprint density at radius 2 is 1.72 bits per heavy atom. The van der Waals surface area contributed by atoms with Crippen molar-refractivity contribution in [3.63, 3.8) is 0 Å². The number of aromatic hydroxyl groups is 2. The van der Waals surface area contributed by atoms with Gasteiger partial charge in [0.15, 0.2) is 35.8 Å². The average molecular weight is 1220 g/mol. The SMILES string of the molecule is CO[C@H](CO)CC[C@@H]1CC[C@@]2(CC[C@@]3(CC[C@@H](NCC(C)=O)c4cc(O)ccc4C3)C2)C[C@@]12CC#C[C@H]1NC(N)=N[C@H](C(C)C)CSSC[C@@H]1[C@@H]1Cc3c4cc(c(c3O[C@H]1O)OCN2)CC#Cc1c(ccc(O)c1OCO)CCC(=O)C[C@H](O)CC4. The molecule has 4 aliphatic carbocycles. The first-order chi connectivity index (χ1) is 41.4. The van der Waals surface area contributed by atoms with Gasteiger partial charge in [-0.1, -0.05) is 77.3 Å². The molecule has 0 aromatic heterocycles. The van der Waals surface area contributed by atoms with Gasteiger partial charge in [0.2, 0.25) is 6.29 Å². The van der Waals surface area contributed by atoms with Gasteiger partial charge in [-0.25, -0.2) is 4.99 Å². The molecule has 466 valence electrons. The van der Waals surface area contributed by atoms with Gasteiger partial charge in [-0.05, 0) is 166 Å². The number of Topliss-reactive ketones (excluding diaryl/α,β-unsaturated/α-hetero) is 2. The molecule has 17 nitrogen and oxygen atoms in total. The first kappa shape index (κ1) is 63.8. The van der Waals surface area contributed by atoms with E-state index in [1.165, 1.54) is 11.6 Å². The molecule has 11 rings (SSSR count). The maximum atomic E-state index is 13.5. The number of ketones is 2. The highest BCUT2D eigenvalue weighted by Gasteiger charge is 2.56. The molecule has 2 fully saturated rings. The molecule has 19 heteroatoms. The normalized spacial score (nSPS) is 30.8. The van der Waals surface area contributed by atoms with Crippen molar-refractivity contribution in [2.75, 3.05) is 45.3 Å². The van der Waals surface area contributed by atoms with Gasteiger partial charge in [0.05, 0.1) is 43.0 Å². The van der Waals surface area contributed by atoms with E-state index in [9.17, 15) is 40.2 Å². The Kier molecular flexibility index (Phi) is 20.9. The number of ether oxygens (including phenoxy) is 4. The minimum Gasteiger partial charge on any atom is -0.508 e. The average Bonchev–Trinajstić information content (AvgIpc) is 1.58. The lowest BCUT2D eigenvalue weighted by Gasteiger charge is -2.52. The number of carbonyl (C=O) groups excluding carboxylic acids is 2. The van der Waals surface area contributed by atoms with Gasteiger partial charge in [0.1, 0.15) is 24.0 Å². The number of guanidine groups is 1. The number of aliphatic hydroxyl groups excluding tert-OH is 4. The van der Waals surface area contributed by atoms with Crippen LogP contribution in [0.4, 0.5) is 0 Å². The molecule has 2 saturated carbocycles. The first-order valence-electron chi connectivity index (χ1n) is 31.1. The predicted octanol–water partition coefficient (Wildman–Crippen LogP) is 7.47. The highest BCUT2D eigenvalue weighted by molar-refractivity contribution is 8.76. The van der Waals surface area contributed by atoms with Crippen LogP contribution in [-0.2, 0) is 46.4 Å². The molecule has 0 unspecified atom stereocenters. The smallest absolute Gasteiger partial charge is 0.201 e. The summed E-state index contributed by atoms with van der Waals surface area (Å²) >= 11 is 0. The van der Waals surface area contributed by atoms with Crippen LogP contribution < -0.4 is 35.9 Å². The topological polar surface area (TPSA) is 267 Å². The number of aliphatic hydroxyl groups is 4. The van der Waals surface area contributed by atoms with Crippen LogP contribution in [0.2, 0.25) is 0 Å². The number of carbonyl (C=O) groups is 2. The molecule has 8 aliphatic rings. The summed E-state index contributed by atoms with van der Waals surface area (Å²) in [5.74, 6) is 16.1. The summed E-state index contributed by atoms with van der Waals surface area (Å²) in [4.78, 5) is 30.9. The molecule has 3 aromatic rings. The number of hydrogen-bond donors (Lipinski definition) is 10. The number of phenolic OH excluding ortho intramolecular Hbond substituents is 2. The summed E-state index contributed by atoms with van der Waals surface area (Å²) in [6, 6.07) is 10.3. The monoisotopic (exact) mass is 1220 g/mol. The number of rotatable bonds is 11. The molecule has 3 spiro atoms. The van der Waals surface area contributed by atoms with Gasteiger partial charge < -0.3 is 66.0 Å². The quantitative estimate of drug-likeness (QED) is 0.0507. The number of methoxy groups -OCH3 is 1. The third kappa shape index (κ3) is 14.6. The van der Waals surface area contributed by atoms with Crippen LogP contribution in [0.1, 0.15) is 156 Å². The van der Waals surface area contributed by atoms with Gasteiger partial charge in [0.25, 0.3) is 0 Å². The number of aryl methyl sites for hydroxylation is 2. The van der Waals surface area contributed by atoms with Gasteiger partial charge in [0, 0.05) is 78.8 Å². The lowest BCUT2D eigenvalue weighted by atomic mass is 9.57. The minimum absolute atomic E-state index is 0.00455. The second kappa shape index (κ2) is 28.1. The number of hydrogen-bond acceptors (Lipinski definition) is 19. The second-order valence-electron chi connectivity index (χ2n) is 26.1. The number of nitrogens with two attached hydrogens (primary N) is 1. The van der Waals surface area contributed by atoms with E-state index in [1.54, 1.807) is 47.8 Å². The lowest BCUT2D eigenvalue weighted by molar-refractivity contribution is -0.121. The van der Waals surface area contributed by atoms with Crippen LogP contribution in [0, 0.1) is 58.2 Å². The summed E-state index contributed by atoms with van der Waals surface area (Å²) in [5.41, 5.74) is 11.8. The Hall–Kier alpha value is -5.19. The van der Waals surface area contributed by atoms with E-state index < -0.39 is 36.7 Å². The van der Waals surface area contributed by atoms with Crippen LogP contribution >= 0.6 is 21.6 Å². The fraction of sp³-hybridized carbons (Fsp3) is 0.627. The van der Waals surface area contributed by atoms with E-state index >= 15 is 0 Å². The Morgan fingerprint density at radius 3 is 2.51 bits per heavy atom. The molecule has 4 aliphatic heterocycles. The highest BCUT2D eigenvalue weighted by Crippen LogP contribution is 2.63. The van der Waals surface area contributed by atoms with Gasteiger partial charge in [-0.3, -0.25) is 14.9 Å². The van der Waals surface area contributed by atoms with Crippen molar-refractivity contribution >= 4 is 39.1 Å². The molecule has 0 saturated heterocycles. The van der Waals surface area contributed by atoms with Crippen LogP contribution in [0.25, 0.3) is 0 Å². The molecule has 11 N–H and O–H groups in total. The number of benzene rings is 3. The number of phenols is 2. The Balaban J connectivity index is 1.10. The number of aliphatic imine (C=N–C) groups is 1. The van der Waals surface area contributed by atoms with E-state index in [0.29, 0.717) is 65.6 Å². The van der Waals surface area contributed by atoms with Crippen LogP contribution in [0.15, 0.2) is 41.4 Å².